The lowest BCUT2D eigenvalue weighted by atomic mass is 9.86. The Labute approximate surface area is 178 Å². The molecule has 1 amide bonds. The van der Waals surface area contributed by atoms with Gasteiger partial charge in [-0.25, -0.2) is 0 Å². The lowest BCUT2D eigenvalue weighted by Gasteiger charge is -2.46. The molecule has 2 aliphatic heterocycles. The molecule has 2 aliphatic rings. The van der Waals surface area contributed by atoms with E-state index in [4.69, 9.17) is 12.2 Å². The SMILES string of the molecule is C=CCN1C(=O)/C(=C/c2cc3c(cc2C)N(C(C)C)C(C)(C)C=C3C)SC1=S. The van der Waals surface area contributed by atoms with Crippen molar-refractivity contribution in [2.24, 2.45) is 0 Å². The zero-order valence-electron chi connectivity index (χ0n) is 17.5. The van der Waals surface area contributed by atoms with E-state index < -0.39 is 0 Å². The second-order valence-electron chi connectivity index (χ2n) is 8.25. The topological polar surface area (TPSA) is 23.6 Å². The van der Waals surface area contributed by atoms with Gasteiger partial charge < -0.3 is 4.90 Å². The molecule has 0 unspecified atom stereocenters. The second kappa shape index (κ2) is 7.53. The van der Waals surface area contributed by atoms with Crippen LogP contribution in [0.15, 0.2) is 35.8 Å². The number of carbonyl (C=O) groups excluding carboxylic acids is 1. The van der Waals surface area contributed by atoms with Crippen LogP contribution in [0.4, 0.5) is 5.69 Å². The summed E-state index contributed by atoms with van der Waals surface area (Å²) in [6, 6.07) is 4.85. The van der Waals surface area contributed by atoms with E-state index >= 15 is 0 Å². The van der Waals surface area contributed by atoms with Gasteiger partial charge in [-0.2, -0.15) is 0 Å². The minimum atomic E-state index is -0.0378. The Bertz CT molecular complexity index is 925. The van der Waals surface area contributed by atoms with Gasteiger partial charge in [-0.3, -0.25) is 9.69 Å². The lowest BCUT2D eigenvalue weighted by Crippen LogP contribution is -2.49. The van der Waals surface area contributed by atoms with E-state index in [9.17, 15) is 4.79 Å². The van der Waals surface area contributed by atoms with Crippen LogP contribution in [0.3, 0.4) is 0 Å². The third-order valence-corrected chi connectivity index (χ3v) is 6.63. The highest BCUT2D eigenvalue weighted by Crippen LogP contribution is 2.42. The smallest absolute Gasteiger partial charge is 0.266 e. The predicted molar refractivity (Wildman–Crippen MR) is 127 cm³/mol. The van der Waals surface area contributed by atoms with Gasteiger partial charge in [0.25, 0.3) is 5.91 Å². The number of amides is 1. The first-order chi connectivity index (χ1) is 13.1. The van der Waals surface area contributed by atoms with E-state index in [2.05, 4.69) is 71.2 Å². The van der Waals surface area contributed by atoms with Crippen molar-refractivity contribution < 1.29 is 4.79 Å². The number of anilines is 1. The van der Waals surface area contributed by atoms with Gasteiger partial charge in [0.15, 0.2) is 0 Å². The second-order valence-corrected chi connectivity index (χ2v) is 9.93. The number of rotatable bonds is 4. The zero-order valence-corrected chi connectivity index (χ0v) is 19.1. The largest absolute Gasteiger partial charge is 0.360 e. The molecule has 0 bridgehead atoms. The van der Waals surface area contributed by atoms with Crippen molar-refractivity contribution in [1.29, 1.82) is 0 Å². The van der Waals surface area contributed by atoms with Crippen molar-refractivity contribution in [2.75, 3.05) is 11.4 Å². The number of carbonyl (C=O) groups is 1. The van der Waals surface area contributed by atoms with Crippen LogP contribution in [-0.4, -0.2) is 33.3 Å². The number of hydrogen-bond donors (Lipinski definition) is 0. The quantitative estimate of drug-likeness (QED) is 0.355. The maximum Gasteiger partial charge on any atom is 0.266 e. The summed E-state index contributed by atoms with van der Waals surface area (Å²) in [5.74, 6) is -0.0378. The molecule has 0 saturated carbocycles. The predicted octanol–water partition coefficient (Wildman–Crippen LogP) is 5.79. The van der Waals surface area contributed by atoms with E-state index in [0.717, 1.165) is 11.1 Å². The molecular formula is C23H28N2OS2. The summed E-state index contributed by atoms with van der Waals surface area (Å²) < 4.78 is 0.593. The molecule has 0 atom stereocenters. The number of nitrogens with zero attached hydrogens (tertiary/aromatic N) is 2. The van der Waals surface area contributed by atoms with Crippen LogP contribution in [0.2, 0.25) is 0 Å². The number of fused-ring (bicyclic) bond motifs is 1. The maximum absolute atomic E-state index is 12.7. The molecule has 0 radical (unpaired) electrons. The molecule has 1 saturated heterocycles. The van der Waals surface area contributed by atoms with E-state index in [1.165, 1.54) is 28.6 Å². The number of benzene rings is 1. The van der Waals surface area contributed by atoms with Crippen molar-refractivity contribution in [2.45, 2.75) is 53.1 Å². The standard InChI is InChI=1S/C23H28N2OS2/c1-8-9-24-21(26)20(28-22(24)27)12-17-11-18-16(5)13-23(6,7)25(14(2)3)19(18)10-15(17)4/h8,10-14H,1,9H2,2-7H3/b20-12-. The average molecular weight is 413 g/mol. The summed E-state index contributed by atoms with van der Waals surface area (Å²) in [5.41, 5.74) is 5.94. The van der Waals surface area contributed by atoms with Crippen molar-refractivity contribution in [1.82, 2.24) is 4.90 Å². The summed E-state index contributed by atoms with van der Waals surface area (Å²) in [7, 11) is 0. The van der Waals surface area contributed by atoms with E-state index in [-0.39, 0.29) is 11.4 Å². The fourth-order valence-corrected chi connectivity index (χ4v) is 5.50. The van der Waals surface area contributed by atoms with Gasteiger partial charge >= 0.3 is 0 Å². The first kappa shape index (κ1) is 20.9. The van der Waals surface area contributed by atoms with Crippen molar-refractivity contribution in [3.05, 3.63) is 52.5 Å². The summed E-state index contributed by atoms with van der Waals surface area (Å²) in [6.07, 6.45) is 6.01. The van der Waals surface area contributed by atoms with Gasteiger partial charge in [-0.15, -0.1) is 6.58 Å². The van der Waals surface area contributed by atoms with Gasteiger partial charge in [0.05, 0.1) is 10.4 Å². The van der Waals surface area contributed by atoms with Crippen LogP contribution < -0.4 is 4.90 Å². The maximum atomic E-state index is 12.7. The summed E-state index contributed by atoms with van der Waals surface area (Å²) in [5, 5.41) is 0. The molecular weight excluding hydrogens is 384 g/mol. The van der Waals surface area contributed by atoms with E-state index in [1.54, 1.807) is 11.0 Å². The van der Waals surface area contributed by atoms with E-state index in [0.29, 0.717) is 21.8 Å². The highest BCUT2D eigenvalue weighted by atomic mass is 32.2. The number of thiocarbonyl (C=S) groups is 1. The van der Waals surface area contributed by atoms with Crippen LogP contribution in [0.5, 0.6) is 0 Å². The Morgan fingerprint density at radius 3 is 2.57 bits per heavy atom. The molecule has 5 heteroatoms. The third kappa shape index (κ3) is 3.58. The normalized spacial score (nSPS) is 20.1. The van der Waals surface area contributed by atoms with Gasteiger partial charge in [-0.05, 0) is 76.5 Å². The number of thioether (sulfide) groups is 1. The van der Waals surface area contributed by atoms with E-state index in [1.807, 2.05) is 6.08 Å². The Morgan fingerprint density at radius 1 is 1.29 bits per heavy atom. The highest BCUT2D eigenvalue weighted by molar-refractivity contribution is 8.26. The van der Waals surface area contributed by atoms with Gasteiger partial charge in [0.1, 0.15) is 4.32 Å². The van der Waals surface area contributed by atoms with Gasteiger partial charge in [0.2, 0.25) is 0 Å². The molecule has 0 aromatic heterocycles. The molecule has 148 valence electrons. The molecule has 3 rings (SSSR count). The Kier molecular flexibility index (Phi) is 5.61. The van der Waals surface area contributed by atoms with Crippen LogP contribution in [-0.2, 0) is 4.79 Å². The molecule has 0 spiro atoms. The summed E-state index contributed by atoms with van der Waals surface area (Å²) in [6.45, 7) is 17.4. The fourth-order valence-electron chi connectivity index (χ4n) is 4.24. The molecule has 0 aliphatic carbocycles. The van der Waals surface area contributed by atoms with Crippen LogP contribution in [0.25, 0.3) is 11.6 Å². The van der Waals surface area contributed by atoms with Crippen LogP contribution in [0, 0.1) is 6.92 Å². The van der Waals surface area contributed by atoms with Crippen molar-refractivity contribution in [3.63, 3.8) is 0 Å². The molecule has 0 N–H and O–H groups in total. The van der Waals surface area contributed by atoms with Gasteiger partial charge in [-0.1, -0.05) is 36.1 Å². The first-order valence-electron chi connectivity index (χ1n) is 9.57. The monoisotopic (exact) mass is 412 g/mol. The molecule has 28 heavy (non-hydrogen) atoms. The number of aryl methyl sites for hydroxylation is 1. The van der Waals surface area contributed by atoms with Gasteiger partial charge in [0, 0.05) is 23.8 Å². The zero-order chi connectivity index (χ0) is 20.8. The first-order valence-corrected chi connectivity index (χ1v) is 10.8. The minimum Gasteiger partial charge on any atom is -0.360 e. The van der Waals surface area contributed by atoms with Crippen molar-refractivity contribution in [3.8, 4) is 0 Å². The fraction of sp³-hybridized carbons (Fsp3) is 0.391. The lowest BCUT2D eigenvalue weighted by molar-refractivity contribution is -0.121. The Hall–Kier alpha value is -1.85. The molecule has 2 heterocycles. The summed E-state index contributed by atoms with van der Waals surface area (Å²) >= 11 is 6.72. The number of hydrogen-bond acceptors (Lipinski definition) is 4. The minimum absolute atomic E-state index is 0.0354. The summed E-state index contributed by atoms with van der Waals surface area (Å²) in [4.78, 5) is 17.4. The van der Waals surface area contributed by atoms with Crippen LogP contribution >= 0.6 is 24.0 Å². The molecule has 1 aromatic rings. The third-order valence-electron chi connectivity index (χ3n) is 5.25. The highest BCUT2D eigenvalue weighted by Gasteiger charge is 2.34. The molecule has 3 nitrogen and oxygen atoms in total. The molecule has 1 fully saturated rings. The average Bonchev–Trinajstić information content (AvgIpc) is 2.83. The van der Waals surface area contributed by atoms with Crippen molar-refractivity contribution >= 4 is 51.5 Å². The Balaban J connectivity index is 2.08. The van der Waals surface area contributed by atoms with Crippen LogP contribution in [0.1, 0.15) is 51.3 Å². The Morgan fingerprint density at radius 2 is 1.96 bits per heavy atom. The number of allylic oxidation sites excluding steroid dienone is 1. The molecule has 1 aromatic carbocycles.